The number of aryl methyl sites for hydroxylation is 2. The van der Waals surface area contributed by atoms with Crippen molar-refractivity contribution in [1.29, 1.82) is 5.26 Å². The van der Waals surface area contributed by atoms with Gasteiger partial charge in [0, 0.05) is 27.8 Å². The fraction of sp³-hybridized carbons (Fsp3) is 0.167. The van der Waals surface area contributed by atoms with E-state index in [9.17, 15) is 10.1 Å². The molecule has 0 bridgehead atoms. The Morgan fingerprint density at radius 1 is 1.17 bits per heavy atom. The van der Waals surface area contributed by atoms with Crippen LogP contribution >= 0.6 is 11.6 Å². The number of nitriles is 1. The van der Waals surface area contributed by atoms with E-state index in [0.717, 1.165) is 29.1 Å². The monoisotopic (exact) mass is 403 g/mol. The van der Waals surface area contributed by atoms with Gasteiger partial charge in [-0.15, -0.1) is 0 Å². The van der Waals surface area contributed by atoms with Gasteiger partial charge in [0.15, 0.2) is 0 Å². The van der Waals surface area contributed by atoms with Crippen molar-refractivity contribution in [3.05, 3.63) is 87.7 Å². The van der Waals surface area contributed by atoms with Crippen LogP contribution in [0.5, 0.6) is 0 Å². The van der Waals surface area contributed by atoms with Crippen molar-refractivity contribution in [3.8, 4) is 11.8 Å². The second-order valence-electron chi connectivity index (χ2n) is 6.82. The average molecular weight is 404 g/mol. The van der Waals surface area contributed by atoms with E-state index < -0.39 is 5.91 Å². The Morgan fingerprint density at radius 3 is 2.52 bits per heavy atom. The highest BCUT2D eigenvalue weighted by Gasteiger charge is 2.14. The van der Waals surface area contributed by atoms with Gasteiger partial charge in [-0.25, -0.2) is 0 Å². The molecule has 0 saturated carbocycles. The van der Waals surface area contributed by atoms with Crippen LogP contribution in [0.2, 0.25) is 5.02 Å². The fourth-order valence-corrected chi connectivity index (χ4v) is 3.47. The van der Waals surface area contributed by atoms with E-state index in [0.29, 0.717) is 10.7 Å². The second-order valence-corrected chi connectivity index (χ2v) is 7.25. The fourth-order valence-electron chi connectivity index (χ4n) is 3.28. The lowest BCUT2D eigenvalue weighted by atomic mass is 10.1. The molecule has 1 amide bonds. The Balaban J connectivity index is 1.91. The third-order valence-corrected chi connectivity index (χ3v) is 5.06. The average Bonchev–Trinajstić information content (AvgIpc) is 2.99. The van der Waals surface area contributed by atoms with Crippen molar-refractivity contribution in [2.45, 2.75) is 27.2 Å². The van der Waals surface area contributed by atoms with Crippen molar-refractivity contribution in [2.75, 3.05) is 5.32 Å². The minimum absolute atomic E-state index is 0.0338. The van der Waals surface area contributed by atoms with E-state index >= 15 is 0 Å². The van der Waals surface area contributed by atoms with E-state index in [1.54, 1.807) is 30.3 Å². The van der Waals surface area contributed by atoms with Crippen LogP contribution in [0, 0.1) is 25.2 Å². The standard InChI is InChI=1S/C24H22ClN3O/c1-4-18-8-10-23(11-9-18)28-16(2)12-19(17(28)3)13-20(15-26)24(29)27-22-7-5-6-21(25)14-22/h5-14H,4H2,1-3H3,(H,27,29)/b20-13-. The van der Waals surface area contributed by atoms with Crippen molar-refractivity contribution in [1.82, 2.24) is 4.57 Å². The van der Waals surface area contributed by atoms with Crippen LogP contribution in [0.4, 0.5) is 5.69 Å². The minimum atomic E-state index is -0.466. The summed E-state index contributed by atoms with van der Waals surface area (Å²) in [4.78, 5) is 12.6. The Hall–Kier alpha value is -3.29. The molecule has 0 spiro atoms. The number of carbonyl (C=O) groups excluding carboxylic acids is 1. The predicted octanol–water partition coefficient (Wildman–Crippen LogP) is 5.86. The predicted molar refractivity (Wildman–Crippen MR) is 118 cm³/mol. The summed E-state index contributed by atoms with van der Waals surface area (Å²) in [5.74, 6) is -0.466. The van der Waals surface area contributed by atoms with Crippen LogP contribution in [-0.2, 0) is 11.2 Å². The van der Waals surface area contributed by atoms with Crippen LogP contribution in [-0.4, -0.2) is 10.5 Å². The molecule has 3 rings (SSSR count). The summed E-state index contributed by atoms with van der Waals surface area (Å²) < 4.78 is 2.12. The van der Waals surface area contributed by atoms with Crippen LogP contribution in [0.15, 0.2) is 60.2 Å². The van der Waals surface area contributed by atoms with E-state index in [2.05, 4.69) is 41.1 Å². The lowest BCUT2D eigenvalue weighted by molar-refractivity contribution is -0.112. The Labute approximate surface area is 176 Å². The molecular weight excluding hydrogens is 382 g/mol. The molecule has 4 nitrogen and oxygen atoms in total. The maximum absolute atomic E-state index is 12.6. The number of halogens is 1. The zero-order valence-corrected chi connectivity index (χ0v) is 17.4. The Kier molecular flexibility index (Phi) is 6.21. The summed E-state index contributed by atoms with van der Waals surface area (Å²) in [7, 11) is 0. The van der Waals surface area contributed by atoms with Gasteiger partial charge in [0.1, 0.15) is 11.6 Å². The van der Waals surface area contributed by atoms with E-state index in [1.807, 2.05) is 26.0 Å². The largest absolute Gasteiger partial charge is 0.321 e. The molecule has 29 heavy (non-hydrogen) atoms. The van der Waals surface area contributed by atoms with Crippen molar-refractivity contribution >= 4 is 29.3 Å². The number of rotatable bonds is 5. The van der Waals surface area contributed by atoms with Gasteiger partial charge in [-0.1, -0.05) is 36.7 Å². The number of hydrogen-bond donors (Lipinski definition) is 1. The molecule has 0 atom stereocenters. The first-order valence-electron chi connectivity index (χ1n) is 9.40. The third-order valence-electron chi connectivity index (χ3n) is 4.82. The maximum Gasteiger partial charge on any atom is 0.266 e. The van der Waals surface area contributed by atoms with E-state index in [4.69, 9.17) is 11.6 Å². The highest BCUT2D eigenvalue weighted by atomic mass is 35.5. The highest BCUT2D eigenvalue weighted by Crippen LogP contribution is 2.24. The first-order chi connectivity index (χ1) is 13.9. The summed E-state index contributed by atoms with van der Waals surface area (Å²) in [5, 5.41) is 12.8. The summed E-state index contributed by atoms with van der Waals surface area (Å²) >= 11 is 5.96. The molecule has 0 saturated heterocycles. The number of anilines is 1. The van der Waals surface area contributed by atoms with Crippen LogP contribution in [0.1, 0.15) is 29.4 Å². The molecule has 0 fully saturated rings. The summed E-state index contributed by atoms with van der Waals surface area (Å²) in [6.07, 6.45) is 2.62. The summed E-state index contributed by atoms with van der Waals surface area (Å²) in [6, 6.07) is 19.2. The number of amides is 1. The van der Waals surface area contributed by atoms with Gasteiger partial charge in [-0.05, 0) is 73.9 Å². The van der Waals surface area contributed by atoms with Gasteiger partial charge in [-0.2, -0.15) is 5.26 Å². The van der Waals surface area contributed by atoms with Gasteiger partial charge in [0.25, 0.3) is 5.91 Å². The molecule has 0 aliphatic carbocycles. The topological polar surface area (TPSA) is 57.8 Å². The van der Waals surface area contributed by atoms with Crippen LogP contribution in [0.3, 0.4) is 0 Å². The van der Waals surface area contributed by atoms with E-state index in [1.165, 1.54) is 5.56 Å². The number of benzene rings is 2. The summed E-state index contributed by atoms with van der Waals surface area (Å²) in [5.41, 5.74) is 5.75. The van der Waals surface area contributed by atoms with Gasteiger partial charge in [0.2, 0.25) is 0 Å². The second kappa shape index (κ2) is 8.81. The number of nitrogens with one attached hydrogen (secondary N) is 1. The zero-order valence-electron chi connectivity index (χ0n) is 16.7. The summed E-state index contributed by atoms with van der Waals surface area (Å²) in [6.45, 7) is 6.12. The molecule has 2 aromatic carbocycles. The number of hydrogen-bond acceptors (Lipinski definition) is 2. The first-order valence-corrected chi connectivity index (χ1v) is 9.77. The van der Waals surface area contributed by atoms with Gasteiger partial charge in [-0.3, -0.25) is 4.79 Å². The Bertz CT molecular complexity index is 1120. The smallest absolute Gasteiger partial charge is 0.266 e. The maximum atomic E-state index is 12.6. The third kappa shape index (κ3) is 4.59. The molecule has 146 valence electrons. The van der Waals surface area contributed by atoms with Crippen LogP contribution < -0.4 is 5.32 Å². The molecule has 0 aliphatic rings. The molecule has 1 N–H and O–H groups in total. The molecule has 0 aliphatic heterocycles. The molecule has 1 aromatic heterocycles. The Morgan fingerprint density at radius 2 is 1.90 bits per heavy atom. The van der Waals surface area contributed by atoms with Gasteiger partial charge in [0.05, 0.1) is 0 Å². The molecule has 0 radical (unpaired) electrons. The lowest BCUT2D eigenvalue weighted by Crippen LogP contribution is -2.13. The number of nitrogens with zero attached hydrogens (tertiary/aromatic N) is 2. The zero-order chi connectivity index (χ0) is 21.0. The van der Waals surface area contributed by atoms with Crippen molar-refractivity contribution in [2.24, 2.45) is 0 Å². The first kappa shape index (κ1) is 20.4. The molecular formula is C24H22ClN3O. The number of aromatic nitrogens is 1. The highest BCUT2D eigenvalue weighted by molar-refractivity contribution is 6.31. The lowest BCUT2D eigenvalue weighted by Gasteiger charge is -2.10. The molecule has 5 heteroatoms. The minimum Gasteiger partial charge on any atom is -0.321 e. The normalized spacial score (nSPS) is 11.2. The van der Waals surface area contributed by atoms with Crippen molar-refractivity contribution < 1.29 is 4.79 Å². The number of carbonyl (C=O) groups is 1. The molecule has 0 unspecified atom stereocenters. The SMILES string of the molecule is CCc1ccc(-n2c(C)cc(/C=C(/C#N)C(=O)Nc3cccc(Cl)c3)c2C)cc1. The van der Waals surface area contributed by atoms with Gasteiger partial charge < -0.3 is 9.88 Å². The van der Waals surface area contributed by atoms with Crippen molar-refractivity contribution in [3.63, 3.8) is 0 Å². The quantitative estimate of drug-likeness (QED) is 0.428. The van der Waals surface area contributed by atoms with E-state index in [-0.39, 0.29) is 5.57 Å². The molecule has 1 heterocycles. The van der Waals surface area contributed by atoms with Crippen LogP contribution in [0.25, 0.3) is 11.8 Å². The molecule has 3 aromatic rings. The van der Waals surface area contributed by atoms with Gasteiger partial charge >= 0.3 is 0 Å².